The molecule has 1 aliphatic rings. The smallest absolute Gasteiger partial charge is 0.330 e. The van der Waals surface area contributed by atoms with Crippen molar-refractivity contribution in [3.8, 4) is 5.75 Å². The normalized spacial score (nSPS) is 18.4. The second-order valence-corrected chi connectivity index (χ2v) is 10.4. The van der Waals surface area contributed by atoms with E-state index in [9.17, 15) is 18.0 Å². The van der Waals surface area contributed by atoms with Crippen LogP contribution in [0.15, 0.2) is 84.9 Å². The van der Waals surface area contributed by atoms with Gasteiger partial charge < -0.3 is 15.0 Å². The Morgan fingerprint density at radius 3 is 2.11 bits per heavy atom. The standard InChI is InChI=1S/C27H30N4O5S/c1-4-31(22-13-9-6-10-14-22)37(34,35)29-26(33)28-27(19-24(27)20-11-7-5-8-12-20)25(32)30(2)21-15-17-23(36-3)18-16-21/h5-18,24H,4,19H2,1-3H3,(H2,28,29,33)/t24?,27-/m0/s1. The van der Waals surface area contributed by atoms with Crippen molar-refractivity contribution in [1.82, 2.24) is 10.0 Å². The highest BCUT2D eigenvalue weighted by Crippen LogP contribution is 2.52. The highest BCUT2D eigenvalue weighted by atomic mass is 32.2. The van der Waals surface area contributed by atoms with Crippen molar-refractivity contribution in [2.45, 2.75) is 24.8 Å². The maximum atomic E-state index is 13.8. The summed E-state index contributed by atoms with van der Waals surface area (Å²) in [6, 6.07) is 23.8. The van der Waals surface area contributed by atoms with Crippen LogP contribution >= 0.6 is 0 Å². The van der Waals surface area contributed by atoms with E-state index in [-0.39, 0.29) is 18.4 Å². The minimum atomic E-state index is -4.22. The van der Waals surface area contributed by atoms with E-state index in [0.29, 0.717) is 23.5 Å². The summed E-state index contributed by atoms with van der Waals surface area (Å²) in [4.78, 5) is 28.3. The molecule has 2 N–H and O–H groups in total. The van der Waals surface area contributed by atoms with Gasteiger partial charge in [0.15, 0.2) is 0 Å². The maximum absolute atomic E-state index is 13.8. The zero-order valence-electron chi connectivity index (χ0n) is 20.9. The summed E-state index contributed by atoms with van der Waals surface area (Å²) < 4.78 is 34.5. The molecule has 3 aromatic carbocycles. The van der Waals surface area contributed by atoms with E-state index in [2.05, 4.69) is 10.0 Å². The van der Waals surface area contributed by atoms with Crippen molar-refractivity contribution < 1.29 is 22.7 Å². The van der Waals surface area contributed by atoms with E-state index in [1.165, 1.54) is 4.90 Å². The number of benzene rings is 3. The molecule has 0 bridgehead atoms. The number of hydrogen-bond acceptors (Lipinski definition) is 5. The van der Waals surface area contributed by atoms with E-state index >= 15 is 0 Å². The predicted molar refractivity (Wildman–Crippen MR) is 143 cm³/mol. The number of nitrogens with one attached hydrogen (secondary N) is 2. The van der Waals surface area contributed by atoms with Crippen molar-refractivity contribution in [2.75, 3.05) is 29.9 Å². The van der Waals surface area contributed by atoms with Crippen LogP contribution in [0, 0.1) is 0 Å². The van der Waals surface area contributed by atoms with Gasteiger partial charge in [0, 0.05) is 25.2 Å². The Morgan fingerprint density at radius 1 is 0.946 bits per heavy atom. The molecule has 1 unspecified atom stereocenters. The molecule has 1 aliphatic carbocycles. The van der Waals surface area contributed by atoms with Gasteiger partial charge in [-0.05, 0) is 55.3 Å². The van der Waals surface area contributed by atoms with Gasteiger partial charge in [0.1, 0.15) is 11.3 Å². The van der Waals surface area contributed by atoms with Crippen molar-refractivity contribution in [3.05, 3.63) is 90.5 Å². The van der Waals surface area contributed by atoms with Gasteiger partial charge in [-0.1, -0.05) is 48.5 Å². The number of likely N-dealkylation sites (N-methyl/N-ethyl adjacent to an activating group) is 1. The summed E-state index contributed by atoms with van der Waals surface area (Å²) in [7, 11) is -1.05. The molecule has 3 amide bonds. The number of rotatable bonds is 9. The summed E-state index contributed by atoms with van der Waals surface area (Å²) in [5.74, 6) is -0.0178. The topological polar surface area (TPSA) is 108 Å². The second kappa shape index (κ2) is 10.5. The molecular weight excluding hydrogens is 492 g/mol. The molecule has 0 spiro atoms. The maximum Gasteiger partial charge on any atom is 0.330 e. The van der Waals surface area contributed by atoms with Gasteiger partial charge in [-0.3, -0.25) is 9.10 Å². The van der Waals surface area contributed by atoms with Crippen molar-refractivity contribution >= 4 is 33.5 Å². The average molecular weight is 523 g/mol. The minimum absolute atomic E-state index is 0.115. The van der Waals surface area contributed by atoms with Gasteiger partial charge in [0.25, 0.3) is 5.91 Å². The average Bonchev–Trinajstić information content (AvgIpc) is 3.63. The van der Waals surface area contributed by atoms with Gasteiger partial charge in [-0.2, -0.15) is 8.42 Å². The van der Waals surface area contributed by atoms with Crippen LogP contribution in [0.1, 0.15) is 24.8 Å². The van der Waals surface area contributed by atoms with Gasteiger partial charge in [-0.15, -0.1) is 0 Å². The highest BCUT2D eigenvalue weighted by Gasteiger charge is 2.63. The lowest BCUT2D eigenvalue weighted by atomic mass is 10.0. The predicted octanol–water partition coefficient (Wildman–Crippen LogP) is 3.65. The molecule has 37 heavy (non-hydrogen) atoms. The van der Waals surface area contributed by atoms with Gasteiger partial charge >= 0.3 is 16.2 Å². The van der Waals surface area contributed by atoms with Gasteiger partial charge in [-0.25, -0.2) is 9.52 Å². The molecule has 0 aliphatic heterocycles. The lowest BCUT2D eigenvalue weighted by Gasteiger charge is -2.27. The van der Waals surface area contributed by atoms with Crippen LogP contribution in [0.2, 0.25) is 0 Å². The largest absolute Gasteiger partial charge is 0.497 e. The Kier molecular flexibility index (Phi) is 7.40. The third kappa shape index (κ3) is 5.39. The van der Waals surface area contributed by atoms with E-state index in [4.69, 9.17) is 4.74 Å². The Morgan fingerprint density at radius 2 is 1.54 bits per heavy atom. The summed E-state index contributed by atoms with van der Waals surface area (Å²) in [6.07, 6.45) is 0.333. The Balaban J connectivity index is 1.58. The molecule has 1 fully saturated rings. The van der Waals surface area contributed by atoms with E-state index in [1.807, 2.05) is 30.3 Å². The molecule has 9 nitrogen and oxygen atoms in total. The number of para-hydroxylation sites is 1. The van der Waals surface area contributed by atoms with Crippen LogP contribution < -0.4 is 24.0 Å². The monoisotopic (exact) mass is 522 g/mol. The van der Waals surface area contributed by atoms with Gasteiger partial charge in [0.2, 0.25) is 0 Å². The van der Waals surface area contributed by atoms with Crippen molar-refractivity contribution in [1.29, 1.82) is 0 Å². The fourth-order valence-electron chi connectivity index (χ4n) is 4.49. The SMILES string of the molecule is CCN(c1ccccc1)S(=O)(=O)NC(=O)N[C@@]1(C(=O)N(C)c2ccc(OC)cc2)CC1c1ccccc1. The third-order valence-electron chi connectivity index (χ3n) is 6.49. The fourth-order valence-corrected chi connectivity index (χ4v) is 5.62. The zero-order chi connectivity index (χ0) is 26.6. The third-order valence-corrected chi connectivity index (χ3v) is 7.98. The zero-order valence-corrected chi connectivity index (χ0v) is 21.7. The first kappa shape index (κ1) is 26.0. The summed E-state index contributed by atoms with van der Waals surface area (Å²) in [6.45, 7) is 1.79. The molecule has 0 heterocycles. The van der Waals surface area contributed by atoms with E-state index < -0.39 is 21.8 Å². The number of urea groups is 1. The number of nitrogens with zero attached hydrogens (tertiary/aromatic N) is 2. The number of amides is 3. The molecule has 1 saturated carbocycles. The minimum Gasteiger partial charge on any atom is -0.497 e. The Hall–Kier alpha value is -4.05. The molecule has 10 heteroatoms. The number of methoxy groups -OCH3 is 1. The lowest BCUT2D eigenvalue weighted by molar-refractivity contribution is -0.121. The van der Waals surface area contributed by atoms with Crippen LogP contribution in [0.25, 0.3) is 0 Å². The summed E-state index contributed by atoms with van der Waals surface area (Å²) in [5.41, 5.74) is 0.602. The molecular formula is C27H30N4O5S. The fraction of sp³-hybridized carbons (Fsp3) is 0.259. The lowest BCUT2D eigenvalue weighted by Crippen LogP contribution is -2.56. The van der Waals surface area contributed by atoms with E-state index in [1.54, 1.807) is 75.7 Å². The first-order valence-corrected chi connectivity index (χ1v) is 13.3. The molecule has 194 valence electrons. The first-order chi connectivity index (χ1) is 17.7. The van der Waals surface area contributed by atoms with Gasteiger partial charge in [0.05, 0.1) is 12.8 Å². The van der Waals surface area contributed by atoms with E-state index in [0.717, 1.165) is 9.87 Å². The number of hydrogen-bond donors (Lipinski definition) is 2. The number of carbonyl (C=O) groups is 2. The first-order valence-electron chi connectivity index (χ1n) is 11.9. The van der Waals surface area contributed by atoms with Crippen molar-refractivity contribution in [3.63, 3.8) is 0 Å². The Bertz CT molecular complexity index is 1350. The summed E-state index contributed by atoms with van der Waals surface area (Å²) in [5, 5.41) is 2.70. The van der Waals surface area contributed by atoms with Crippen LogP contribution in [-0.4, -0.2) is 46.6 Å². The molecule has 4 rings (SSSR count). The molecule has 0 radical (unpaired) electrons. The van der Waals surface area contributed by atoms with Crippen LogP contribution in [0.5, 0.6) is 5.75 Å². The van der Waals surface area contributed by atoms with Crippen LogP contribution in [0.3, 0.4) is 0 Å². The molecule has 0 aromatic heterocycles. The molecule has 0 saturated heterocycles. The number of ether oxygens (including phenoxy) is 1. The Labute approximate surface area is 217 Å². The highest BCUT2D eigenvalue weighted by molar-refractivity contribution is 7.91. The quantitative estimate of drug-likeness (QED) is 0.446. The molecule has 2 atom stereocenters. The van der Waals surface area contributed by atoms with Crippen LogP contribution in [0.4, 0.5) is 16.2 Å². The summed E-state index contributed by atoms with van der Waals surface area (Å²) >= 11 is 0. The number of anilines is 2. The van der Waals surface area contributed by atoms with Crippen molar-refractivity contribution in [2.24, 2.45) is 0 Å². The van der Waals surface area contributed by atoms with Crippen LogP contribution in [-0.2, 0) is 15.0 Å². The second-order valence-electron chi connectivity index (χ2n) is 8.76. The number of carbonyl (C=O) groups excluding carboxylic acids is 2. The molecule has 3 aromatic rings.